The first-order valence-electron chi connectivity index (χ1n) is 8.76. The van der Waals surface area contributed by atoms with Gasteiger partial charge in [0.15, 0.2) is 5.11 Å². The van der Waals surface area contributed by atoms with Crippen molar-refractivity contribution in [1.29, 1.82) is 5.26 Å². The first-order valence-corrected chi connectivity index (χ1v) is 9.17. The molecule has 1 saturated heterocycles. The zero-order chi connectivity index (χ0) is 23.0. The standard InChI is InChI=1S/C21H19F4N3OS/c1-6-14(10-17(22)12(2)3)28-19(30)27(18(29)20(28,4)5)15-8-7-13(11-26)16(9-15)21(23,24)25/h6-10H,2H2,1,3-5H3/b14-6+,17-10+. The average Bonchev–Trinajstić information content (AvgIpc) is 2.83. The molecule has 1 heterocycles. The quantitative estimate of drug-likeness (QED) is 0.348. The number of alkyl halides is 3. The number of carbonyl (C=O) groups is 1. The van der Waals surface area contributed by atoms with E-state index in [9.17, 15) is 22.4 Å². The van der Waals surface area contributed by atoms with E-state index in [-0.39, 0.29) is 22.1 Å². The molecular weight excluding hydrogens is 418 g/mol. The Morgan fingerprint density at radius 2 is 1.93 bits per heavy atom. The van der Waals surface area contributed by atoms with E-state index in [0.29, 0.717) is 6.07 Å². The van der Waals surface area contributed by atoms with Gasteiger partial charge < -0.3 is 4.90 Å². The fraction of sp³-hybridized carbons (Fsp3) is 0.286. The Morgan fingerprint density at radius 3 is 2.40 bits per heavy atom. The van der Waals surface area contributed by atoms with E-state index in [1.807, 2.05) is 0 Å². The first kappa shape index (κ1) is 23.3. The van der Waals surface area contributed by atoms with E-state index in [1.165, 1.54) is 43.9 Å². The summed E-state index contributed by atoms with van der Waals surface area (Å²) in [5.41, 5.74) is -2.74. The van der Waals surface area contributed by atoms with E-state index >= 15 is 0 Å². The molecule has 0 atom stereocenters. The van der Waals surface area contributed by atoms with Crippen molar-refractivity contribution < 1.29 is 22.4 Å². The molecule has 1 aromatic rings. The molecule has 2 rings (SSSR count). The Kier molecular flexibility index (Phi) is 6.23. The third-order valence-corrected chi connectivity index (χ3v) is 4.96. The number of nitriles is 1. The van der Waals surface area contributed by atoms with Gasteiger partial charge in [0.25, 0.3) is 5.91 Å². The van der Waals surface area contributed by atoms with Crippen molar-refractivity contribution in [1.82, 2.24) is 4.90 Å². The van der Waals surface area contributed by atoms with Gasteiger partial charge in [-0.15, -0.1) is 0 Å². The second-order valence-corrected chi connectivity index (χ2v) is 7.51. The zero-order valence-corrected chi connectivity index (χ0v) is 17.6. The minimum Gasteiger partial charge on any atom is -0.304 e. The smallest absolute Gasteiger partial charge is 0.304 e. The monoisotopic (exact) mass is 437 g/mol. The van der Waals surface area contributed by atoms with Crippen molar-refractivity contribution in [3.8, 4) is 6.07 Å². The van der Waals surface area contributed by atoms with Crippen molar-refractivity contribution in [3.63, 3.8) is 0 Å². The van der Waals surface area contributed by atoms with Crippen molar-refractivity contribution in [2.45, 2.75) is 39.4 Å². The highest BCUT2D eigenvalue weighted by Crippen LogP contribution is 2.39. The summed E-state index contributed by atoms with van der Waals surface area (Å²) >= 11 is 5.40. The second kappa shape index (κ2) is 8.03. The number of amides is 1. The van der Waals surface area contributed by atoms with Gasteiger partial charge in [-0.05, 0) is 69.8 Å². The number of hydrogen-bond acceptors (Lipinski definition) is 3. The lowest BCUT2D eigenvalue weighted by Gasteiger charge is -2.30. The molecule has 1 aromatic carbocycles. The number of hydrogen-bond donors (Lipinski definition) is 0. The molecular formula is C21H19F4N3OS. The van der Waals surface area contributed by atoms with E-state index in [4.69, 9.17) is 17.5 Å². The van der Waals surface area contributed by atoms with Crippen LogP contribution in [0.1, 0.15) is 38.8 Å². The van der Waals surface area contributed by atoms with Crippen molar-refractivity contribution in [3.05, 3.63) is 65.2 Å². The minimum atomic E-state index is -4.79. The normalized spacial score (nSPS) is 17.4. The van der Waals surface area contributed by atoms with Crippen LogP contribution in [0.5, 0.6) is 0 Å². The molecule has 0 aromatic heterocycles. The number of halogens is 4. The Labute approximate surface area is 177 Å². The number of anilines is 1. The molecule has 30 heavy (non-hydrogen) atoms. The largest absolute Gasteiger partial charge is 0.417 e. The molecule has 0 saturated carbocycles. The van der Waals surface area contributed by atoms with E-state index in [2.05, 4.69) is 6.58 Å². The van der Waals surface area contributed by atoms with E-state index in [1.54, 1.807) is 6.92 Å². The lowest BCUT2D eigenvalue weighted by molar-refractivity contribution is -0.137. The molecule has 0 bridgehead atoms. The molecule has 1 aliphatic heterocycles. The molecule has 4 nitrogen and oxygen atoms in total. The highest BCUT2D eigenvalue weighted by molar-refractivity contribution is 7.80. The Bertz CT molecular complexity index is 1030. The van der Waals surface area contributed by atoms with Gasteiger partial charge in [-0.3, -0.25) is 9.69 Å². The van der Waals surface area contributed by atoms with Crippen LogP contribution in [0.15, 0.2) is 54.0 Å². The van der Waals surface area contributed by atoms with Crippen LogP contribution in [0, 0.1) is 11.3 Å². The van der Waals surface area contributed by atoms with Gasteiger partial charge in [-0.2, -0.15) is 18.4 Å². The third kappa shape index (κ3) is 4.00. The van der Waals surface area contributed by atoms with Crippen molar-refractivity contribution >= 4 is 28.9 Å². The molecule has 9 heteroatoms. The SMILES string of the molecule is C=C(C)/C(F)=C\C(=C/C)N1C(=S)N(c2ccc(C#N)c(C(F)(F)F)c2)C(=O)C1(C)C. The van der Waals surface area contributed by atoms with Gasteiger partial charge >= 0.3 is 6.18 Å². The van der Waals surface area contributed by atoms with Gasteiger partial charge in [0, 0.05) is 5.70 Å². The Balaban J connectivity index is 2.62. The van der Waals surface area contributed by atoms with Gasteiger partial charge in [0.1, 0.15) is 11.4 Å². The molecule has 1 amide bonds. The molecule has 1 fully saturated rings. The molecule has 0 radical (unpaired) electrons. The van der Waals surface area contributed by atoms with Gasteiger partial charge in [-0.25, -0.2) is 4.39 Å². The van der Waals surface area contributed by atoms with Crippen LogP contribution in [-0.4, -0.2) is 21.5 Å². The third-order valence-electron chi connectivity index (χ3n) is 4.59. The van der Waals surface area contributed by atoms with Crippen LogP contribution < -0.4 is 4.90 Å². The number of thiocarbonyl (C=S) groups is 1. The second-order valence-electron chi connectivity index (χ2n) is 7.14. The number of allylic oxidation sites excluding steroid dienone is 4. The van der Waals surface area contributed by atoms with Crippen LogP contribution in [0.3, 0.4) is 0 Å². The molecule has 158 valence electrons. The van der Waals surface area contributed by atoms with Crippen LogP contribution in [0.25, 0.3) is 0 Å². The Hall–Kier alpha value is -2.99. The number of carbonyl (C=O) groups excluding carboxylic acids is 1. The molecule has 0 unspecified atom stereocenters. The maximum atomic E-state index is 14.2. The molecule has 1 aliphatic rings. The van der Waals surface area contributed by atoms with Crippen LogP contribution in [0.4, 0.5) is 23.2 Å². The number of benzene rings is 1. The van der Waals surface area contributed by atoms with E-state index < -0.39 is 34.6 Å². The summed E-state index contributed by atoms with van der Waals surface area (Å²) in [4.78, 5) is 15.4. The zero-order valence-electron chi connectivity index (χ0n) is 16.8. The summed E-state index contributed by atoms with van der Waals surface area (Å²) in [5, 5.41) is 8.87. The average molecular weight is 437 g/mol. The minimum absolute atomic E-state index is 0.110. The summed E-state index contributed by atoms with van der Waals surface area (Å²) in [6, 6.07) is 4.41. The summed E-state index contributed by atoms with van der Waals surface area (Å²) in [7, 11) is 0. The molecule has 0 N–H and O–H groups in total. The summed E-state index contributed by atoms with van der Waals surface area (Å²) in [6.07, 6.45) is -2.09. The number of nitrogens with zero attached hydrogens (tertiary/aromatic N) is 3. The van der Waals surface area contributed by atoms with Gasteiger partial charge in [0.2, 0.25) is 0 Å². The molecule has 0 spiro atoms. The lowest BCUT2D eigenvalue weighted by Crippen LogP contribution is -2.43. The fourth-order valence-electron chi connectivity index (χ4n) is 2.99. The fourth-order valence-corrected chi connectivity index (χ4v) is 3.51. The summed E-state index contributed by atoms with van der Waals surface area (Å²) in [5.74, 6) is -1.21. The van der Waals surface area contributed by atoms with Crippen molar-refractivity contribution in [2.24, 2.45) is 0 Å². The van der Waals surface area contributed by atoms with Crippen LogP contribution in [-0.2, 0) is 11.0 Å². The maximum Gasteiger partial charge on any atom is 0.417 e. The number of rotatable bonds is 4. The van der Waals surface area contributed by atoms with Crippen LogP contribution in [0.2, 0.25) is 0 Å². The lowest BCUT2D eigenvalue weighted by atomic mass is 10.0. The predicted molar refractivity (Wildman–Crippen MR) is 110 cm³/mol. The predicted octanol–water partition coefficient (Wildman–Crippen LogP) is 5.62. The Morgan fingerprint density at radius 1 is 1.33 bits per heavy atom. The highest BCUT2D eigenvalue weighted by Gasteiger charge is 2.51. The topological polar surface area (TPSA) is 47.3 Å². The van der Waals surface area contributed by atoms with Crippen molar-refractivity contribution in [2.75, 3.05) is 4.90 Å². The van der Waals surface area contributed by atoms with Crippen LogP contribution >= 0.6 is 12.2 Å². The summed E-state index contributed by atoms with van der Waals surface area (Å²) < 4.78 is 54.3. The highest BCUT2D eigenvalue weighted by atomic mass is 32.1. The van der Waals surface area contributed by atoms with E-state index in [0.717, 1.165) is 17.0 Å². The van der Waals surface area contributed by atoms with Gasteiger partial charge in [-0.1, -0.05) is 12.7 Å². The first-order chi connectivity index (χ1) is 13.8. The maximum absolute atomic E-state index is 14.2. The molecule has 0 aliphatic carbocycles. The summed E-state index contributed by atoms with van der Waals surface area (Å²) in [6.45, 7) is 9.68. The van der Waals surface area contributed by atoms with Gasteiger partial charge in [0.05, 0.1) is 22.9 Å².